The summed E-state index contributed by atoms with van der Waals surface area (Å²) in [6.07, 6.45) is 0. The molecule has 2 aromatic rings. The zero-order valence-corrected chi connectivity index (χ0v) is 13.8. The predicted octanol–water partition coefficient (Wildman–Crippen LogP) is 4.58. The number of likely N-dealkylation sites (N-methyl/N-ethyl adjacent to an activating group) is 1. The summed E-state index contributed by atoms with van der Waals surface area (Å²) >= 11 is 13.8. The number of nitrogens with two attached hydrogens (primary N) is 1. The lowest BCUT2D eigenvalue weighted by molar-refractivity contribution is 0.214. The molecule has 1 heterocycles. The summed E-state index contributed by atoms with van der Waals surface area (Å²) < 4.78 is 0.789. The molecule has 0 aliphatic heterocycles. The molecule has 0 aliphatic rings. The highest BCUT2D eigenvalue weighted by Gasteiger charge is 2.23. The van der Waals surface area contributed by atoms with Crippen molar-refractivity contribution >= 4 is 34.5 Å². The lowest BCUT2D eigenvalue weighted by Gasteiger charge is -2.30. The van der Waals surface area contributed by atoms with Crippen LogP contribution in [0.15, 0.2) is 36.4 Å². The Bertz CT molecular complexity index is 569. The Morgan fingerprint density at radius 3 is 2.45 bits per heavy atom. The van der Waals surface area contributed by atoms with Crippen LogP contribution in [0.1, 0.15) is 23.4 Å². The molecule has 2 N–H and O–H groups in total. The molecule has 108 valence electrons. The molecule has 2 nitrogen and oxygen atoms in total. The Hall–Kier alpha value is -0.580. The average molecular weight is 329 g/mol. The van der Waals surface area contributed by atoms with Gasteiger partial charge in [-0.1, -0.05) is 41.4 Å². The number of halogens is 2. The third-order valence-corrected chi connectivity index (χ3v) is 4.91. The number of benzene rings is 1. The highest BCUT2D eigenvalue weighted by molar-refractivity contribution is 7.16. The van der Waals surface area contributed by atoms with Gasteiger partial charge in [-0.05, 0) is 37.7 Å². The molecule has 0 bridgehead atoms. The molecular weight excluding hydrogens is 311 g/mol. The van der Waals surface area contributed by atoms with Gasteiger partial charge in [0, 0.05) is 22.5 Å². The van der Waals surface area contributed by atoms with Crippen LogP contribution in [0, 0.1) is 0 Å². The zero-order chi connectivity index (χ0) is 14.7. The Kier molecular flexibility index (Phi) is 5.47. The van der Waals surface area contributed by atoms with E-state index in [0.717, 1.165) is 21.5 Å². The third kappa shape index (κ3) is 3.74. The van der Waals surface area contributed by atoms with Crippen molar-refractivity contribution in [3.8, 4) is 0 Å². The first-order valence-corrected chi connectivity index (χ1v) is 8.00. The Labute approximate surface area is 134 Å². The highest BCUT2D eigenvalue weighted by atomic mass is 35.5. The fraction of sp³-hybridized carbons (Fsp3) is 0.333. The Morgan fingerprint density at radius 1 is 1.20 bits per heavy atom. The van der Waals surface area contributed by atoms with E-state index in [0.29, 0.717) is 0 Å². The summed E-state index contributed by atoms with van der Waals surface area (Å²) in [5, 5.41) is 0.784. The summed E-state index contributed by atoms with van der Waals surface area (Å²) in [7, 11) is 2.06. The average Bonchev–Trinajstić information content (AvgIpc) is 2.78. The molecule has 2 unspecified atom stereocenters. The van der Waals surface area contributed by atoms with Crippen molar-refractivity contribution in [2.75, 3.05) is 7.05 Å². The maximum absolute atomic E-state index is 6.23. The minimum Gasteiger partial charge on any atom is -0.326 e. The molecule has 0 fully saturated rings. The van der Waals surface area contributed by atoms with E-state index in [-0.39, 0.29) is 12.1 Å². The molecule has 0 radical (unpaired) electrons. The van der Waals surface area contributed by atoms with E-state index < -0.39 is 0 Å². The fourth-order valence-electron chi connectivity index (χ4n) is 2.36. The van der Waals surface area contributed by atoms with Crippen LogP contribution >= 0.6 is 34.5 Å². The first-order valence-electron chi connectivity index (χ1n) is 6.43. The number of rotatable bonds is 5. The number of hydrogen-bond donors (Lipinski definition) is 1. The molecule has 2 atom stereocenters. The van der Waals surface area contributed by atoms with Gasteiger partial charge in [-0.15, -0.1) is 11.3 Å². The van der Waals surface area contributed by atoms with Crippen LogP contribution in [0.4, 0.5) is 0 Å². The van der Waals surface area contributed by atoms with Gasteiger partial charge >= 0.3 is 0 Å². The van der Waals surface area contributed by atoms with E-state index in [1.165, 1.54) is 4.88 Å². The first kappa shape index (κ1) is 15.8. The van der Waals surface area contributed by atoms with Gasteiger partial charge in [0.1, 0.15) is 0 Å². The quantitative estimate of drug-likeness (QED) is 0.870. The topological polar surface area (TPSA) is 29.3 Å². The van der Waals surface area contributed by atoms with Crippen LogP contribution in [0.2, 0.25) is 9.36 Å². The molecule has 0 spiro atoms. The highest BCUT2D eigenvalue weighted by Crippen LogP contribution is 2.32. The standard InChI is InChI=1S/C15H18Cl2N2S/c1-10(18)15(13-7-8-14(17)20-13)19(2)9-11-5-3-4-6-12(11)16/h3-8,10,15H,9,18H2,1-2H3. The van der Waals surface area contributed by atoms with Crippen molar-refractivity contribution < 1.29 is 0 Å². The smallest absolute Gasteiger partial charge is 0.0931 e. The van der Waals surface area contributed by atoms with E-state index in [1.807, 2.05) is 43.3 Å². The normalized spacial score (nSPS) is 14.5. The van der Waals surface area contributed by atoms with Crippen molar-refractivity contribution in [1.82, 2.24) is 4.90 Å². The summed E-state index contributed by atoms with van der Waals surface area (Å²) in [5.74, 6) is 0. The summed E-state index contributed by atoms with van der Waals surface area (Å²) in [5.41, 5.74) is 7.26. The minimum absolute atomic E-state index is 0.0113. The van der Waals surface area contributed by atoms with E-state index in [1.54, 1.807) is 11.3 Å². The van der Waals surface area contributed by atoms with Crippen molar-refractivity contribution in [3.05, 3.63) is 56.2 Å². The Morgan fingerprint density at radius 2 is 1.90 bits per heavy atom. The molecule has 0 saturated heterocycles. The molecule has 5 heteroatoms. The lowest BCUT2D eigenvalue weighted by atomic mass is 10.1. The number of nitrogens with zero attached hydrogens (tertiary/aromatic N) is 1. The molecule has 2 rings (SSSR count). The first-order chi connectivity index (χ1) is 9.49. The SMILES string of the molecule is CC(N)C(c1ccc(Cl)s1)N(C)Cc1ccccc1Cl. The van der Waals surface area contributed by atoms with Crippen LogP contribution in [-0.4, -0.2) is 18.0 Å². The van der Waals surface area contributed by atoms with Gasteiger partial charge in [-0.25, -0.2) is 0 Å². The van der Waals surface area contributed by atoms with E-state index >= 15 is 0 Å². The molecule has 1 aromatic carbocycles. The van der Waals surface area contributed by atoms with Gasteiger partial charge in [-0.3, -0.25) is 4.90 Å². The van der Waals surface area contributed by atoms with E-state index in [2.05, 4.69) is 11.9 Å². The van der Waals surface area contributed by atoms with E-state index in [4.69, 9.17) is 28.9 Å². The van der Waals surface area contributed by atoms with Crippen molar-refractivity contribution in [2.24, 2.45) is 5.73 Å². The summed E-state index contributed by atoms with van der Waals surface area (Å²) in [6.45, 7) is 2.77. The van der Waals surface area contributed by atoms with Gasteiger partial charge in [0.15, 0.2) is 0 Å². The second kappa shape index (κ2) is 6.92. The van der Waals surface area contributed by atoms with Gasteiger partial charge in [0.2, 0.25) is 0 Å². The lowest BCUT2D eigenvalue weighted by Crippen LogP contribution is -2.36. The second-order valence-corrected chi connectivity index (χ2v) is 7.11. The summed E-state index contributed by atoms with van der Waals surface area (Å²) in [6, 6.07) is 12.0. The minimum atomic E-state index is 0.0113. The van der Waals surface area contributed by atoms with Crippen LogP contribution in [0.25, 0.3) is 0 Å². The maximum atomic E-state index is 6.23. The van der Waals surface area contributed by atoms with Crippen molar-refractivity contribution in [1.29, 1.82) is 0 Å². The number of thiophene rings is 1. The molecule has 20 heavy (non-hydrogen) atoms. The molecule has 0 saturated carbocycles. The van der Waals surface area contributed by atoms with Crippen LogP contribution in [-0.2, 0) is 6.54 Å². The van der Waals surface area contributed by atoms with E-state index in [9.17, 15) is 0 Å². The van der Waals surface area contributed by atoms with Crippen LogP contribution < -0.4 is 5.73 Å². The fourth-order valence-corrected chi connectivity index (χ4v) is 3.90. The monoisotopic (exact) mass is 328 g/mol. The third-order valence-electron chi connectivity index (χ3n) is 3.24. The summed E-state index contributed by atoms with van der Waals surface area (Å²) in [4.78, 5) is 3.40. The molecular formula is C15H18Cl2N2S. The van der Waals surface area contributed by atoms with Crippen molar-refractivity contribution in [2.45, 2.75) is 25.6 Å². The van der Waals surface area contributed by atoms with Crippen LogP contribution in [0.5, 0.6) is 0 Å². The van der Waals surface area contributed by atoms with Gasteiger partial charge in [0.25, 0.3) is 0 Å². The molecule has 0 aliphatic carbocycles. The number of hydrogen-bond acceptors (Lipinski definition) is 3. The maximum Gasteiger partial charge on any atom is 0.0931 e. The molecule has 0 amide bonds. The molecule has 1 aromatic heterocycles. The zero-order valence-electron chi connectivity index (χ0n) is 11.5. The van der Waals surface area contributed by atoms with Gasteiger partial charge < -0.3 is 5.73 Å². The Balaban J connectivity index is 2.20. The van der Waals surface area contributed by atoms with Gasteiger partial charge in [-0.2, -0.15) is 0 Å². The van der Waals surface area contributed by atoms with Crippen molar-refractivity contribution in [3.63, 3.8) is 0 Å². The van der Waals surface area contributed by atoms with Gasteiger partial charge in [0.05, 0.1) is 10.4 Å². The largest absolute Gasteiger partial charge is 0.326 e. The van der Waals surface area contributed by atoms with Crippen LogP contribution in [0.3, 0.4) is 0 Å². The second-order valence-electron chi connectivity index (χ2n) is 4.95. The predicted molar refractivity (Wildman–Crippen MR) is 88.6 cm³/mol.